The van der Waals surface area contributed by atoms with Gasteiger partial charge in [-0.1, -0.05) is 58.0 Å². The van der Waals surface area contributed by atoms with E-state index in [4.69, 9.17) is 15.0 Å². The molecule has 8 bridgehead atoms. The summed E-state index contributed by atoms with van der Waals surface area (Å²) in [6.45, 7) is 17.4. The van der Waals surface area contributed by atoms with Crippen LogP contribution >= 0.6 is 0 Å². The smallest absolute Gasteiger partial charge is 0.0907 e. The molecule has 44 heavy (non-hydrogen) atoms. The molecule has 5 heteroatoms. The van der Waals surface area contributed by atoms with Crippen molar-refractivity contribution in [3.63, 3.8) is 0 Å². The fourth-order valence-electron chi connectivity index (χ4n) is 7.21. The molecule has 1 aromatic carbocycles. The van der Waals surface area contributed by atoms with Crippen molar-refractivity contribution in [3.05, 3.63) is 127 Å². The number of rotatable bonds is 5. The van der Waals surface area contributed by atoms with Gasteiger partial charge in [0.15, 0.2) is 0 Å². The summed E-state index contributed by atoms with van der Waals surface area (Å²) in [5.41, 5.74) is 19.9. The number of hydrogen-bond donors (Lipinski definition) is 2. The topological polar surface area (TPSA) is 73.1 Å². The Morgan fingerprint density at radius 3 is 1.84 bits per heavy atom. The first-order valence-corrected chi connectivity index (χ1v) is 15.9. The van der Waals surface area contributed by atoms with Crippen molar-refractivity contribution in [3.8, 4) is 0 Å². The van der Waals surface area contributed by atoms with E-state index in [1.54, 1.807) is 0 Å². The van der Waals surface area contributed by atoms with E-state index in [-0.39, 0.29) is 0 Å². The lowest BCUT2D eigenvalue weighted by molar-refractivity contribution is 0.472. The number of aliphatic imine (C=N–C) groups is 3. The minimum atomic E-state index is 0.679. The van der Waals surface area contributed by atoms with Crippen LogP contribution in [0.3, 0.4) is 0 Å². The van der Waals surface area contributed by atoms with Crippen LogP contribution in [0.15, 0.2) is 114 Å². The van der Waals surface area contributed by atoms with E-state index in [0.29, 0.717) is 5.57 Å². The van der Waals surface area contributed by atoms with Gasteiger partial charge >= 0.3 is 0 Å². The van der Waals surface area contributed by atoms with Crippen LogP contribution in [0.25, 0.3) is 11.6 Å². The second kappa shape index (κ2) is 11.5. The molecule has 0 amide bonds. The van der Waals surface area contributed by atoms with Crippen molar-refractivity contribution >= 4 is 28.8 Å². The molecule has 0 atom stereocenters. The zero-order valence-electron chi connectivity index (χ0n) is 27.2. The Balaban J connectivity index is 1.77. The largest absolute Gasteiger partial charge is 0.515 e. The van der Waals surface area contributed by atoms with Gasteiger partial charge in [0, 0.05) is 11.3 Å². The van der Waals surface area contributed by atoms with Crippen molar-refractivity contribution in [2.75, 3.05) is 0 Å². The Hall–Kier alpha value is -4.51. The van der Waals surface area contributed by atoms with Crippen LogP contribution in [0, 0.1) is 6.92 Å². The molecule has 2 N–H and O–H groups in total. The van der Waals surface area contributed by atoms with E-state index in [1.165, 1.54) is 28.5 Å². The molecule has 0 saturated heterocycles. The Kier molecular flexibility index (Phi) is 7.75. The minimum Gasteiger partial charge on any atom is -0.515 e. The highest BCUT2D eigenvalue weighted by Crippen LogP contribution is 2.42. The Bertz CT molecular complexity index is 1910. The van der Waals surface area contributed by atoms with Crippen molar-refractivity contribution in [2.45, 2.75) is 81.1 Å². The molecule has 0 aliphatic carbocycles. The number of nitrogens with one attached hydrogen (secondary N) is 1. The molecule has 2 aromatic rings. The van der Waals surface area contributed by atoms with Crippen molar-refractivity contribution < 1.29 is 5.11 Å². The van der Waals surface area contributed by atoms with E-state index < -0.39 is 0 Å². The van der Waals surface area contributed by atoms with Crippen LogP contribution in [0.5, 0.6) is 0 Å². The first-order chi connectivity index (χ1) is 21.3. The number of aromatic nitrogens is 1. The number of allylic oxidation sites excluding steroid dienone is 8. The molecule has 0 fully saturated rings. The fraction of sp³-hybridized carbons (Fsp3) is 0.308. The van der Waals surface area contributed by atoms with Gasteiger partial charge in [-0.2, -0.15) is 0 Å². The van der Waals surface area contributed by atoms with Crippen LogP contribution in [-0.4, -0.2) is 27.2 Å². The predicted octanol–water partition coefficient (Wildman–Crippen LogP) is 9.87. The summed E-state index contributed by atoms with van der Waals surface area (Å²) in [5.74, 6) is 0. The lowest BCUT2D eigenvalue weighted by Crippen LogP contribution is -2.15. The van der Waals surface area contributed by atoms with Gasteiger partial charge in [0.2, 0.25) is 0 Å². The van der Waals surface area contributed by atoms with Gasteiger partial charge in [-0.3, -0.25) is 0 Å². The second-order valence-electron chi connectivity index (χ2n) is 11.9. The van der Waals surface area contributed by atoms with Crippen LogP contribution < -0.4 is 0 Å². The molecule has 5 heterocycles. The van der Waals surface area contributed by atoms with E-state index >= 15 is 0 Å². The molecule has 0 spiro atoms. The van der Waals surface area contributed by atoms with Gasteiger partial charge in [0.05, 0.1) is 51.8 Å². The van der Waals surface area contributed by atoms with Crippen LogP contribution in [0.1, 0.15) is 95.8 Å². The monoisotopic (exact) mass is 582 g/mol. The third-order valence-corrected chi connectivity index (χ3v) is 9.63. The highest BCUT2D eigenvalue weighted by molar-refractivity contribution is 6.36. The van der Waals surface area contributed by atoms with Gasteiger partial charge < -0.3 is 10.1 Å². The third-order valence-electron chi connectivity index (χ3n) is 9.63. The summed E-state index contributed by atoms with van der Waals surface area (Å²) in [4.78, 5) is 19.6. The zero-order valence-corrected chi connectivity index (χ0v) is 27.2. The molecule has 0 saturated carbocycles. The summed E-state index contributed by atoms with van der Waals surface area (Å²) >= 11 is 0. The lowest BCUT2D eigenvalue weighted by Gasteiger charge is -2.12. The maximum atomic E-state index is 10.7. The maximum absolute atomic E-state index is 10.7. The molecular weight excluding hydrogens is 540 g/mol. The van der Waals surface area contributed by atoms with Gasteiger partial charge in [-0.25, -0.2) is 15.0 Å². The van der Waals surface area contributed by atoms with Gasteiger partial charge in [-0.05, 0) is 116 Å². The SMILES string of the molecule is CCC1=C(C)C2=C(c3ccccc3)c3[nH]c(c(CC)c3C)C=C3N=C(C(=CO)C4=NC(=CC1=N2)C(C)=C4CC)C(CC)=C3C. The lowest BCUT2D eigenvalue weighted by atomic mass is 9.91. The van der Waals surface area contributed by atoms with Crippen molar-refractivity contribution in [1.29, 1.82) is 0 Å². The molecule has 224 valence electrons. The third kappa shape index (κ3) is 4.49. The van der Waals surface area contributed by atoms with E-state index in [0.717, 1.165) is 105 Å². The normalized spacial score (nSPS) is 19.3. The van der Waals surface area contributed by atoms with E-state index in [9.17, 15) is 5.11 Å². The maximum Gasteiger partial charge on any atom is 0.0907 e. The van der Waals surface area contributed by atoms with E-state index in [2.05, 4.69) is 103 Å². The van der Waals surface area contributed by atoms with Crippen molar-refractivity contribution in [2.24, 2.45) is 15.0 Å². The Labute approximate surface area is 261 Å². The zero-order chi connectivity index (χ0) is 31.3. The molecule has 6 rings (SSSR count). The fourth-order valence-corrected chi connectivity index (χ4v) is 7.21. The van der Waals surface area contributed by atoms with E-state index in [1.807, 2.05) is 0 Å². The summed E-state index contributed by atoms with van der Waals surface area (Å²) in [7, 11) is 0. The number of nitrogens with zero attached hydrogens (tertiary/aromatic N) is 3. The highest BCUT2D eigenvalue weighted by Gasteiger charge is 2.32. The molecule has 5 nitrogen and oxygen atoms in total. The van der Waals surface area contributed by atoms with Crippen LogP contribution in [0.4, 0.5) is 0 Å². The summed E-state index contributed by atoms with van der Waals surface area (Å²) in [6, 6.07) is 10.6. The van der Waals surface area contributed by atoms with Gasteiger partial charge in [-0.15, -0.1) is 0 Å². The predicted molar refractivity (Wildman–Crippen MR) is 185 cm³/mol. The molecule has 0 unspecified atom stereocenters. The number of benzene rings is 1. The second-order valence-corrected chi connectivity index (χ2v) is 11.9. The quantitative estimate of drug-likeness (QED) is 0.338. The molecule has 4 aliphatic rings. The van der Waals surface area contributed by atoms with Gasteiger partial charge in [0.25, 0.3) is 0 Å². The average Bonchev–Trinajstić information content (AvgIpc) is 3.71. The minimum absolute atomic E-state index is 0.679. The number of fused-ring (bicyclic) bond motifs is 5. The summed E-state index contributed by atoms with van der Waals surface area (Å²) < 4.78 is 0. The Morgan fingerprint density at radius 2 is 1.30 bits per heavy atom. The highest BCUT2D eigenvalue weighted by atomic mass is 16.2. The molecule has 1 aromatic heterocycles. The standard InChI is InChI=1S/C39H42N4O/c1-9-26-23(7)36-35(25-16-14-13-15-17-25)37-24(8)27(10-2)34(43-37)19-32-22(6)29(12-4)39(41-32)30(20-44)38-28(11-3)21(5)31(40-38)18-33(26)42-36/h13-20,42,44H,9-12H2,1-8H3. The van der Waals surface area contributed by atoms with Gasteiger partial charge in [0.1, 0.15) is 0 Å². The summed E-state index contributed by atoms with van der Waals surface area (Å²) in [5, 5.41) is 10.7. The average molecular weight is 583 g/mol. The number of H-pyrrole nitrogens is 1. The number of aliphatic hydroxyl groups is 1. The summed E-state index contributed by atoms with van der Waals surface area (Å²) in [6.07, 6.45) is 8.89. The molecule has 4 aliphatic heterocycles. The Morgan fingerprint density at radius 1 is 0.705 bits per heavy atom. The number of hydrogen-bond acceptors (Lipinski definition) is 4. The molecular formula is C39H42N4O. The van der Waals surface area contributed by atoms with Crippen molar-refractivity contribution in [1.82, 2.24) is 4.98 Å². The van der Waals surface area contributed by atoms with Crippen LogP contribution in [-0.2, 0) is 6.42 Å². The molecule has 0 radical (unpaired) electrons. The number of aliphatic hydroxyl groups excluding tert-OH is 1. The first-order valence-electron chi connectivity index (χ1n) is 15.9. The van der Waals surface area contributed by atoms with Crippen LogP contribution in [0.2, 0.25) is 0 Å². The first kappa shape index (κ1) is 29.6. The number of aromatic amines is 1.